The van der Waals surface area contributed by atoms with E-state index >= 15 is 0 Å². The van der Waals surface area contributed by atoms with Gasteiger partial charge in [0.15, 0.2) is 6.10 Å². The van der Waals surface area contributed by atoms with Gasteiger partial charge >= 0.3 is 17.9 Å². The molecule has 1 unspecified atom stereocenters. The van der Waals surface area contributed by atoms with E-state index in [0.29, 0.717) is 19.3 Å². The van der Waals surface area contributed by atoms with Gasteiger partial charge in [-0.3, -0.25) is 14.4 Å². The predicted molar refractivity (Wildman–Crippen MR) is 265 cm³/mol. The maximum absolute atomic E-state index is 12.8. The van der Waals surface area contributed by atoms with E-state index < -0.39 is 6.10 Å². The second-order valence-corrected chi connectivity index (χ2v) is 16.8. The van der Waals surface area contributed by atoms with E-state index in [1.54, 1.807) is 0 Å². The van der Waals surface area contributed by atoms with Crippen LogP contribution in [0.2, 0.25) is 0 Å². The monoisotopic (exact) mass is 863 g/mol. The molecule has 0 aromatic rings. The van der Waals surface area contributed by atoms with Crippen molar-refractivity contribution in [3.05, 3.63) is 85.1 Å². The summed E-state index contributed by atoms with van der Waals surface area (Å²) in [5.41, 5.74) is 0. The van der Waals surface area contributed by atoms with Crippen LogP contribution in [-0.2, 0) is 28.6 Å². The van der Waals surface area contributed by atoms with Crippen LogP contribution in [0.25, 0.3) is 0 Å². The molecule has 0 spiro atoms. The summed E-state index contributed by atoms with van der Waals surface area (Å²) in [7, 11) is 0. The first-order valence-corrected chi connectivity index (χ1v) is 25.7. The smallest absolute Gasteiger partial charge is 0.306 e. The van der Waals surface area contributed by atoms with Gasteiger partial charge in [-0.15, -0.1) is 0 Å². The van der Waals surface area contributed by atoms with Crippen molar-refractivity contribution >= 4 is 17.9 Å². The molecule has 0 aromatic carbocycles. The Balaban J connectivity index is 4.45. The quantitative estimate of drug-likeness (QED) is 0.0199. The van der Waals surface area contributed by atoms with Crippen molar-refractivity contribution in [2.75, 3.05) is 13.2 Å². The van der Waals surface area contributed by atoms with E-state index in [4.69, 9.17) is 14.2 Å². The number of carbonyl (C=O) groups is 3. The minimum atomic E-state index is -0.807. The highest BCUT2D eigenvalue weighted by Crippen LogP contribution is 2.15. The standard InChI is InChI=1S/C56H94O6/c1-4-7-10-13-16-19-22-25-27-28-29-32-34-37-40-43-46-49-55(58)61-52-53(51-60-54(57)48-45-42-39-36-33-30-24-21-18-15-12-9-6-3)62-56(59)50-47-44-41-38-35-31-26-23-20-17-14-11-8-5-2/h8-9,11-12,15,17-18,20-21,24,30,33,36,39,53H,4-7,10,13-14,16,19,22-23,25-29,31-32,34-35,37-38,40-52H2,1-3H3/b11-8-,12-9-,18-15-,20-17-,24-21-,33-30-,39-36-. The van der Waals surface area contributed by atoms with Gasteiger partial charge in [-0.25, -0.2) is 0 Å². The minimum Gasteiger partial charge on any atom is -0.462 e. The molecule has 0 aromatic heterocycles. The molecule has 0 amide bonds. The van der Waals surface area contributed by atoms with E-state index in [-0.39, 0.29) is 37.5 Å². The average molecular weight is 863 g/mol. The highest BCUT2D eigenvalue weighted by molar-refractivity contribution is 5.71. The Labute approximate surface area is 382 Å². The maximum atomic E-state index is 12.8. The van der Waals surface area contributed by atoms with Gasteiger partial charge in [0.25, 0.3) is 0 Å². The van der Waals surface area contributed by atoms with Crippen LogP contribution in [-0.4, -0.2) is 37.2 Å². The first-order chi connectivity index (χ1) is 30.5. The molecule has 1 atom stereocenters. The number of hydrogen-bond acceptors (Lipinski definition) is 6. The molecule has 0 aliphatic carbocycles. The number of unbranched alkanes of at least 4 members (excludes halogenated alkanes) is 24. The van der Waals surface area contributed by atoms with E-state index in [1.807, 2.05) is 54.7 Å². The van der Waals surface area contributed by atoms with Gasteiger partial charge in [0.2, 0.25) is 0 Å². The van der Waals surface area contributed by atoms with Crippen LogP contribution < -0.4 is 0 Å². The van der Waals surface area contributed by atoms with Crippen molar-refractivity contribution in [2.24, 2.45) is 0 Å². The van der Waals surface area contributed by atoms with Crippen molar-refractivity contribution in [3.8, 4) is 0 Å². The highest BCUT2D eigenvalue weighted by Gasteiger charge is 2.19. The Bertz CT molecular complexity index is 1220. The third-order valence-electron chi connectivity index (χ3n) is 10.8. The van der Waals surface area contributed by atoms with Crippen LogP contribution in [0.3, 0.4) is 0 Å². The summed E-state index contributed by atoms with van der Waals surface area (Å²) in [5, 5.41) is 0. The molecule has 0 rings (SSSR count). The molecular weight excluding hydrogens is 769 g/mol. The fourth-order valence-corrected chi connectivity index (χ4v) is 6.98. The second kappa shape index (κ2) is 50.2. The van der Waals surface area contributed by atoms with Crippen LogP contribution in [0.1, 0.15) is 233 Å². The van der Waals surface area contributed by atoms with E-state index in [2.05, 4.69) is 51.2 Å². The molecule has 0 aliphatic rings. The Morgan fingerprint density at radius 3 is 1.21 bits per heavy atom. The molecule has 6 nitrogen and oxygen atoms in total. The molecule has 0 N–H and O–H groups in total. The summed E-state index contributed by atoms with van der Waals surface area (Å²) in [4.78, 5) is 37.9. The number of rotatable bonds is 45. The summed E-state index contributed by atoms with van der Waals surface area (Å²) >= 11 is 0. The number of carbonyl (C=O) groups excluding carboxylic acids is 3. The zero-order valence-corrected chi connectivity index (χ0v) is 40.4. The van der Waals surface area contributed by atoms with Crippen LogP contribution in [0, 0.1) is 0 Å². The van der Waals surface area contributed by atoms with Crippen LogP contribution in [0.15, 0.2) is 85.1 Å². The molecule has 0 bridgehead atoms. The summed E-state index contributed by atoms with van der Waals surface area (Å²) < 4.78 is 16.7. The molecule has 0 heterocycles. The van der Waals surface area contributed by atoms with E-state index in [0.717, 1.165) is 70.6 Å². The summed E-state index contributed by atoms with van der Waals surface area (Å²) in [6, 6.07) is 0. The normalized spacial score (nSPS) is 12.8. The molecule has 0 aliphatic heterocycles. The SMILES string of the molecule is CC\C=C/C=C\C=C/C=C\C=C/CCCC(=O)OCC(COC(=O)CCCCCCCCCCCCCCCCCCC)OC(=O)CCCCCCCCC/C=C\C/C=C\CC. The molecular formula is C56H94O6. The van der Waals surface area contributed by atoms with Crippen molar-refractivity contribution < 1.29 is 28.6 Å². The third-order valence-corrected chi connectivity index (χ3v) is 10.8. The van der Waals surface area contributed by atoms with Crippen LogP contribution in [0.5, 0.6) is 0 Å². The lowest BCUT2D eigenvalue weighted by Gasteiger charge is -2.18. The fraction of sp³-hybridized carbons (Fsp3) is 0.696. The molecule has 0 saturated carbocycles. The van der Waals surface area contributed by atoms with Gasteiger partial charge in [-0.1, -0.05) is 241 Å². The maximum Gasteiger partial charge on any atom is 0.306 e. The van der Waals surface area contributed by atoms with Gasteiger partial charge in [-0.2, -0.15) is 0 Å². The molecule has 354 valence electrons. The van der Waals surface area contributed by atoms with Crippen LogP contribution in [0.4, 0.5) is 0 Å². The predicted octanol–water partition coefficient (Wildman–Crippen LogP) is 16.8. The Morgan fingerprint density at radius 2 is 0.726 bits per heavy atom. The molecule has 6 heteroatoms. The molecule has 0 radical (unpaired) electrons. The van der Waals surface area contributed by atoms with Crippen molar-refractivity contribution in [1.82, 2.24) is 0 Å². The molecule has 0 saturated heterocycles. The van der Waals surface area contributed by atoms with Gasteiger partial charge in [0, 0.05) is 19.3 Å². The third kappa shape index (κ3) is 47.6. The van der Waals surface area contributed by atoms with Gasteiger partial charge in [0.1, 0.15) is 13.2 Å². The average Bonchev–Trinajstić information content (AvgIpc) is 3.27. The first-order valence-electron chi connectivity index (χ1n) is 25.7. The lowest BCUT2D eigenvalue weighted by Crippen LogP contribution is -2.30. The van der Waals surface area contributed by atoms with Crippen molar-refractivity contribution in [3.63, 3.8) is 0 Å². The lowest BCUT2D eigenvalue weighted by molar-refractivity contribution is -0.167. The van der Waals surface area contributed by atoms with E-state index in [1.165, 1.54) is 116 Å². The number of hydrogen-bond donors (Lipinski definition) is 0. The Hall–Kier alpha value is -3.41. The van der Waals surface area contributed by atoms with Gasteiger partial charge in [0.05, 0.1) is 0 Å². The highest BCUT2D eigenvalue weighted by atomic mass is 16.6. The summed E-state index contributed by atoms with van der Waals surface area (Å²) in [6.07, 6.45) is 64.4. The number of ether oxygens (including phenoxy) is 3. The molecule has 62 heavy (non-hydrogen) atoms. The van der Waals surface area contributed by atoms with Crippen LogP contribution >= 0.6 is 0 Å². The lowest BCUT2D eigenvalue weighted by atomic mass is 10.0. The first kappa shape index (κ1) is 58.6. The van der Waals surface area contributed by atoms with Crippen molar-refractivity contribution in [2.45, 2.75) is 239 Å². The zero-order valence-electron chi connectivity index (χ0n) is 40.4. The largest absolute Gasteiger partial charge is 0.462 e. The van der Waals surface area contributed by atoms with Crippen molar-refractivity contribution in [1.29, 1.82) is 0 Å². The minimum absolute atomic E-state index is 0.101. The van der Waals surface area contributed by atoms with E-state index in [9.17, 15) is 14.4 Å². The summed E-state index contributed by atoms with van der Waals surface area (Å²) in [5.74, 6) is -0.986. The Kier molecular flexibility index (Phi) is 47.5. The van der Waals surface area contributed by atoms with Gasteiger partial charge < -0.3 is 14.2 Å². The second-order valence-electron chi connectivity index (χ2n) is 16.8. The topological polar surface area (TPSA) is 78.9 Å². The molecule has 0 fully saturated rings. The van der Waals surface area contributed by atoms with Gasteiger partial charge in [-0.05, 0) is 57.8 Å². The number of allylic oxidation sites excluding steroid dienone is 14. The summed E-state index contributed by atoms with van der Waals surface area (Å²) in [6.45, 7) is 6.32. The zero-order chi connectivity index (χ0) is 45.1. The Morgan fingerprint density at radius 1 is 0.355 bits per heavy atom. The fourth-order valence-electron chi connectivity index (χ4n) is 6.98. The number of esters is 3.